The Labute approximate surface area is 230 Å². The van der Waals surface area contributed by atoms with Crippen molar-refractivity contribution in [3.8, 4) is 0 Å². The summed E-state index contributed by atoms with van der Waals surface area (Å²) in [6.07, 6.45) is 18.2. The van der Waals surface area contributed by atoms with Gasteiger partial charge >= 0.3 is 0 Å². The third-order valence-electron chi connectivity index (χ3n) is 10.7. The zero-order chi connectivity index (χ0) is 26.1. The first-order chi connectivity index (χ1) is 16.6. The number of fused-ring (bicyclic) bond motifs is 3. The maximum Gasteiger partial charge on any atom is 0.0109 e. The molecule has 3 nitrogen and oxygen atoms in total. The molecule has 1 spiro atoms. The van der Waals surface area contributed by atoms with Crippen LogP contribution in [0.4, 0.5) is 0 Å². The smallest absolute Gasteiger partial charge is 0.0109 e. The van der Waals surface area contributed by atoms with Crippen molar-refractivity contribution in [2.45, 2.75) is 12.8 Å². The largest absolute Gasteiger partial charge is 0.306 e. The van der Waals surface area contributed by atoms with Gasteiger partial charge < -0.3 is 14.7 Å². The summed E-state index contributed by atoms with van der Waals surface area (Å²) in [4.78, 5) is 7.51. The number of hydrogen-bond donors (Lipinski definition) is 0. The van der Waals surface area contributed by atoms with Crippen LogP contribution in [0.25, 0.3) is 0 Å². The van der Waals surface area contributed by atoms with Crippen LogP contribution in [0.3, 0.4) is 0 Å². The van der Waals surface area contributed by atoms with Crippen molar-refractivity contribution in [1.29, 1.82) is 0 Å². The van der Waals surface area contributed by atoms with E-state index < -0.39 is 0 Å². The van der Waals surface area contributed by atoms with Crippen LogP contribution < -0.4 is 0 Å². The summed E-state index contributed by atoms with van der Waals surface area (Å²) in [5, 5.41) is 0. The second-order valence-corrected chi connectivity index (χ2v) is 28.9. The predicted molar refractivity (Wildman–Crippen MR) is 173 cm³/mol. The van der Waals surface area contributed by atoms with E-state index in [1.807, 2.05) is 0 Å². The van der Waals surface area contributed by atoms with Gasteiger partial charge in [-0.15, -0.1) is 0 Å². The van der Waals surface area contributed by atoms with Crippen molar-refractivity contribution in [1.82, 2.24) is 14.7 Å². The molecule has 0 aromatic rings. The van der Waals surface area contributed by atoms with Gasteiger partial charge in [-0.3, -0.25) is 0 Å². The number of rotatable bonds is 0. The van der Waals surface area contributed by atoms with Crippen molar-refractivity contribution in [3.63, 3.8) is 0 Å². The van der Waals surface area contributed by atoms with E-state index in [1.165, 1.54) is 39.3 Å². The van der Waals surface area contributed by atoms with Crippen LogP contribution in [-0.2, 0) is 0 Å². The minimum absolute atomic E-state index is 0.100. The molecule has 6 aliphatic heterocycles. The first-order valence-corrected chi connectivity index (χ1v) is 23.1. The van der Waals surface area contributed by atoms with Crippen molar-refractivity contribution < 1.29 is 0 Å². The van der Waals surface area contributed by atoms with Gasteiger partial charge in [0.2, 0.25) is 0 Å². The summed E-state index contributed by atoms with van der Waals surface area (Å²) >= 11 is 0. The van der Waals surface area contributed by atoms with Crippen LogP contribution in [0, 0.1) is 40.9 Å². The molecule has 0 N–H and O–H groups in total. The third-order valence-corrected chi connectivity index (χ3v) is 18.8. The van der Waals surface area contributed by atoms with Gasteiger partial charge in [0.1, 0.15) is 0 Å². The number of likely N-dealkylation sites (tertiary alicyclic amines) is 3. The zero-order valence-electron chi connectivity index (χ0n) is 25.4. The monoisotopic (exact) mass is 559 g/mol. The standard InChI is InChI=1S/C13H25NS.C9H19NS.C8H17NS/c1-14-6-10-4-12-8-15(2,3)9-13(12)5-11(10)7-14;1-10-4-8-6-11(2,3)7-9(8)5-10;1-9-4-8(5-9)6-10(2,3)7-8/h10-13H,4-9H2,1-3H3;8-9H,4-7H2,1-3H3;4-7H2,1-3H3. The summed E-state index contributed by atoms with van der Waals surface area (Å²) in [6, 6.07) is 0. The van der Waals surface area contributed by atoms with Crippen LogP contribution in [0.15, 0.2) is 0 Å². The van der Waals surface area contributed by atoms with Crippen LogP contribution in [0.2, 0.25) is 0 Å². The molecule has 6 atom stereocenters. The van der Waals surface area contributed by atoms with Crippen LogP contribution >= 0.6 is 30.1 Å². The molecule has 6 saturated heterocycles. The maximum atomic E-state index is 2.56. The Bertz CT molecular complexity index is 742. The van der Waals surface area contributed by atoms with Gasteiger partial charge in [-0.05, 0) is 142 Å². The van der Waals surface area contributed by atoms with E-state index in [-0.39, 0.29) is 30.1 Å². The van der Waals surface area contributed by atoms with Crippen molar-refractivity contribution in [3.05, 3.63) is 0 Å². The molecule has 6 heteroatoms. The highest BCUT2D eigenvalue weighted by Crippen LogP contribution is 2.62. The molecule has 6 unspecified atom stereocenters. The summed E-state index contributed by atoms with van der Waals surface area (Å²) in [5.74, 6) is 15.8. The lowest BCUT2D eigenvalue weighted by Crippen LogP contribution is -2.65. The lowest BCUT2D eigenvalue weighted by atomic mass is 9.71. The second-order valence-electron chi connectivity index (χ2n) is 16.4. The minimum atomic E-state index is -0.187. The first-order valence-electron chi connectivity index (χ1n) is 14.7. The molecule has 1 aliphatic carbocycles. The van der Waals surface area contributed by atoms with Gasteiger partial charge in [0.25, 0.3) is 0 Å². The van der Waals surface area contributed by atoms with E-state index in [0.717, 1.165) is 40.9 Å². The Hall–Kier alpha value is 0.930. The lowest BCUT2D eigenvalue weighted by Gasteiger charge is -2.64. The Morgan fingerprint density at radius 3 is 1.19 bits per heavy atom. The van der Waals surface area contributed by atoms with E-state index in [1.54, 1.807) is 47.4 Å². The summed E-state index contributed by atoms with van der Waals surface area (Å²) in [6.45, 7) is 8.29. The molecule has 0 aromatic carbocycles. The van der Waals surface area contributed by atoms with E-state index in [2.05, 4.69) is 73.4 Å². The summed E-state index contributed by atoms with van der Waals surface area (Å²) < 4.78 is 0. The molecule has 0 radical (unpaired) electrons. The number of hydrogen-bond acceptors (Lipinski definition) is 3. The SMILES string of the molecule is CN1CC2(C1)CS(C)(C)C2.CN1CC2CC3CS(C)(C)CC3CC2C1.CN1CC2CS(C)(C)CC2C1. The highest BCUT2D eigenvalue weighted by molar-refractivity contribution is 8.34. The Balaban J connectivity index is 0.000000114. The van der Waals surface area contributed by atoms with E-state index in [4.69, 9.17) is 0 Å². The molecular formula is C30H61N3S3. The Morgan fingerprint density at radius 1 is 0.472 bits per heavy atom. The molecule has 7 fully saturated rings. The van der Waals surface area contributed by atoms with Crippen LogP contribution in [0.5, 0.6) is 0 Å². The third kappa shape index (κ3) is 6.45. The van der Waals surface area contributed by atoms with Crippen LogP contribution in [-0.4, -0.2) is 147 Å². The quantitative estimate of drug-likeness (QED) is 0.433. The van der Waals surface area contributed by atoms with Crippen molar-refractivity contribution in [2.75, 3.05) is 132 Å². The Kier molecular flexibility index (Phi) is 7.97. The lowest BCUT2D eigenvalue weighted by molar-refractivity contribution is 0.0532. The van der Waals surface area contributed by atoms with E-state index in [9.17, 15) is 0 Å². The highest BCUT2D eigenvalue weighted by atomic mass is 32.3. The maximum absolute atomic E-state index is 2.56. The average Bonchev–Trinajstić information content (AvgIpc) is 3.34. The molecule has 214 valence electrons. The fraction of sp³-hybridized carbons (Fsp3) is 1.00. The fourth-order valence-electron chi connectivity index (χ4n) is 10.2. The predicted octanol–water partition coefficient (Wildman–Crippen LogP) is 4.51. The normalized spacial score (nSPS) is 45.9. The molecule has 7 aliphatic rings. The summed E-state index contributed by atoms with van der Waals surface area (Å²) in [5.41, 5.74) is 0.813. The van der Waals surface area contributed by atoms with Gasteiger partial charge in [-0.2, -0.15) is 0 Å². The topological polar surface area (TPSA) is 9.72 Å². The minimum Gasteiger partial charge on any atom is -0.306 e. The molecule has 1 saturated carbocycles. The van der Waals surface area contributed by atoms with Gasteiger partial charge in [-0.1, -0.05) is 0 Å². The van der Waals surface area contributed by atoms with Crippen molar-refractivity contribution in [2.24, 2.45) is 40.9 Å². The van der Waals surface area contributed by atoms with Gasteiger partial charge in [-0.25, -0.2) is 30.1 Å². The Morgan fingerprint density at radius 2 is 0.833 bits per heavy atom. The highest BCUT2D eigenvalue weighted by Gasteiger charge is 2.52. The molecular weight excluding hydrogens is 499 g/mol. The molecule has 6 heterocycles. The zero-order valence-corrected chi connectivity index (χ0v) is 27.9. The molecule has 0 bridgehead atoms. The van der Waals surface area contributed by atoms with E-state index >= 15 is 0 Å². The van der Waals surface area contributed by atoms with Gasteiger partial charge in [0.15, 0.2) is 0 Å². The van der Waals surface area contributed by atoms with Gasteiger partial charge in [0.05, 0.1) is 0 Å². The molecule has 0 amide bonds. The van der Waals surface area contributed by atoms with Crippen LogP contribution in [0.1, 0.15) is 12.8 Å². The van der Waals surface area contributed by atoms with E-state index in [0.29, 0.717) is 0 Å². The first kappa shape index (κ1) is 28.5. The van der Waals surface area contributed by atoms with Crippen molar-refractivity contribution >= 4 is 30.1 Å². The number of nitrogens with zero attached hydrogens (tertiary/aromatic N) is 3. The summed E-state index contributed by atoms with van der Waals surface area (Å²) in [7, 11) is 6.36. The second kappa shape index (κ2) is 10.1. The fourth-order valence-corrected chi connectivity index (χ4v) is 20.3. The average molecular weight is 560 g/mol. The molecule has 7 rings (SSSR count). The molecule has 0 aromatic heterocycles. The van der Waals surface area contributed by atoms with Gasteiger partial charge in [0, 0.05) is 44.7 Å². The molecule has 36 heavy (non-hydrogen) atoms.